The lowest BCUT2D eigenvalue weighted by atomic mass is 10.0. The van der Waals surface area contributed by atoms with Gasteiger partial charge in [-0.05, 0) is 36.3 Å². The summed E-state index contributed by atoms with van der Waals surface area (Å²) in [7, 11) is 0. The molecule has 1 aliphatic carbocycles. The highest BCUT2D eigenvalue weighted by Gasteiger charge is 2.37. The van der Waals surface area contributed by atoms with E-state index < -0.39 is 6.09 Å². The molecule has 2 saturated heterocycles. The quantitative estimate of drug-likeness (QED) is 0.482. The van der Waals surface area contributed by atoms with E-state index in [1.54, 1.807) is 0 Å². The van der Waals surface area contributed by atoms with Crippen LogP contribution in [0.1, 0.15) is 64.5 Å². The number of cyclic esters (lactones) is 2. The van der Waals surface area contributed by atoms with Gasteiger partial charge >= 0.3 is 12.2 Å². The molecule has 7 nitrogen and oxygen atoms in total. The maximum atomic E-state index is 12.4. The zero-order valence-corrected chi connectivity index (χ0v) is 20.1. The molecule has 0 radical (unpaired) electrons. The van der Waals surface area contributed by atoms with Crippen LogP contribution in [0.5, 0.6) is 0 Å². The van der Waals surface area contributed by atoms with E-state index >= 15 is 0 Å². The fraction of sp³-hybridized carbons (Fsp3) is 0.500. The molecule has 1 N–H and O–H groups in total. The van der Waals surface area contributed by atoms with Crippen LogP contribution in [0.4, 0.5) is 9.59 Å². The number of hydrogen-bond acceptors (Lipinski definition) is 5. The van der Waals surface area contributed by atoms with Gasteiger partial charge in [-0.2, -0.15) is 0 Å². The highest BCUT2D eigenvalue weighted by molar-refractivity contribution is 5.93. The zero-order valence-electron chi connectivity index (χ0n) is 20.1. The third-order valence-corrected chi connectivity index (χ3v) is 6.85. The predicted octanol–water partition coefficient (Wildman–Crippen LogP) is 6.16. The summed E-state index contributed by atoms with van der Waals surface area (Å²) in [6, 6.07) is 20.0. The largest absolute Gasteiger partial charge is 0.447 e. The molecule has 0 aromatic heterocycles. The van der Waals surface area contributed by atoms with E-state index in [1.807, 2.05) is 60.7 Å². The number of carbonyl (C=O) groups is 3. The third-order valence-electron chi connectivity index (χ3n) is 6.85. The van der Waals surface area contributed by atoms with Crippen LogP contribution in [0.3, 0.4) is 0 Å². The Balaban J connectivity index is 0.000000277. The molecule has 3 amide bonds. The second-order valence-electron chi connectivity index (χ2n) is 9.50. The molecule has 202 valence electrons. The van der Waals surface area contributed by atoms with E-state index in [0.29, 0.717) is 32.0 Å². The average molecular weight is 511 g/mol. The van der Waals surface area contributed by atoms with Crippen LogP contribution >= 0.6 is 0 Å². The molecule has 2 heterocycles. The number of nitrogens with one attached hydrogen (secondary N) is 1. The molecule has 3 aliphatic rings. The Kier molecular flexibility index (Phi) is 12.1. The van der Waals surface area contributed by atoms with Gasteiger partial charge in [-0.3, -0.25) is 4.79 Å². The summed E-state index contributed by atoms with van der Waals surface area (Å²) in [6.07, 6.45) is 7.11. The average Bonchev–Trinajstić information content (AvgIpc) is 3.62. The van der Waals surface area contributed by atoms with Gasteiger partial charge in [0.05, 0.1) is 12.1 Å². The second-order valence-corrected chi connectivity index (χ2v) is 9.50. The molecule has 7 heteroatoms. The Bertz CT molecular complexity index is 976. The maximum Gasteiger partial charge on any atom is 0.416 e. The number of nitrogens with zero attached hydrogens (tertiary/aromatic N) is 1. The minimum absolute atomic E-state index is 0. The van der Waals surface area contributed by atoms with Crippen molar-refractivity contribution in [1.82, 2.24) is 10.2 Å². The fourth-order valence-electron chi connectivity index (χ4n) is 4.98. The molecule has 2 atom stereocenters. The number of alkyl carbamates (subject to hydrolysis) is 1. The lowest BCUT2D eigenvalue weighted by molar-refractivity contribution is -0.129. The van der Waals surface area contributed by atoms with E-state index in [2.05, 4.69) is 5.32 Å². The lowest BCUT2D eigenvalue weighted by Crippen LogP contribution is -2.40. The molecule has 37 heavy (non-hydrogen) atoms. The molecule has 0 bridgehead atoms. The van der Waals surface area contributed by atoms with E-state index in [0.717, 1.165) is 18.4 Å². The number of ether oxygens (including phenoxy) is 2. The van der Waals surface area contributed by atoms with Crippen molar-refractivity contribution in [2.75, 3.05) is 13.2 Å². The summed E-state index contributed by atoms with van der Waals surface area (Å²) in [6.45, 7) is 0.788. The van der Waals surface area contributed by atoms with Crippen LogP contribution in [0.2, 0.25) is 0 Å². The Morgan fingerprint density at radius 1 is 0.838 bits per heavy atom. The van der Waals surface area contributed by atoms with Crippen LogP contribution in [0, 0.1) is 5.92 Å². The standard InChI is InChI=1S/C18H23NO3.C10H11NO2.2CH4/c20-17(11-10-14-6-4-5-7-14)19-16(13-22-18(19)21)12-15-8-2-1-3-9-15;12-10-11-9(7-13-10)6-8-4-2-1-3-5-8;;/h1-3,8-9,14,16H,4-7,10-13H2;1-5,9H,6-7H2,(H,11,12);2*1H4/t16-;9-;;/m11../s1. The Morgan fingerprint density at radius 2 is 1.43 bits per heavy atom. The Labute approximate surface area is 221 Å². The molecule has 3 fully saturated rings. The first kappa shape index (κ1) is 29.9. The monoisotopic (exact) mass is 510 g/mol. The van der Waals surface area contributed by atoms with Gasteiger partial charge in [-0.25, -0.2) is 14.5 Å². The molecular weight excluding hydrogens is 468 g/mol. The van der Waals surface area contributed by atoms with Crippen molar-refractivity contribution in [2.45, 2.75) is 78.3 Å². The van der Waals surface area contributed by atoms with E-state index in [1.165, 1.54) is 36.1 Å². The first-order valence-electron chi connectivity index (χ1n) is 12.6. The van der Waals surface area contributed by atoms with Crippen molar-refractivity contribution in [3.8, 4) is 0 Å². The smallest absolute Gasteiger partial charge is 0.416 e. The van der Waals surface area contributed by atoms with Crippen molar-refractivity contribution in [2.24, 2.45) is 5.92 Å². The lowest BCUT2D eigenvalue weighted by Gasteiger charge is -2.20. The highest BCUT2D eigenvalue weighted by Crippen LogP contribution is 2.29. The molecule has 1 saturated carbocycles. The first-order valence-corrected chi connectivity index (χ1v) is 12.6. The van der Waals surface area contributed by atoms with Crippen molar-refractivity contribution >= 4 is 18.1 Å². The molecule has 2 aromatic carbocycles. The summed E-state index contributed by atoms with van der Waals surface area (Å²) in [4.78, 5) is 36.4. The second kappa shape index (κ2) is 15.0. The minimum atomic E-state index is -0.475. The van der Waals surface area contributed by atoms with Crippen LogP contribution in [0.15, 0.2) is 60.7 Å². The van der Waals surface area contributed by atoms with Gasteiger partial charge in [0.15, 0.2) is 0 Å². The van der Waals surface area contributed by atoms with Gasteiger partial charge in [0.25, 0.3) is 0 Å². The van der Waals surface area contributed by atoms with Gasteiger partial charge in [0.1, 0.15) is 13.2 Å². The minimum Gasteiger partial charge on any atom is -0.447 e. The predicted molar refractivity (Wildman–Crippen MR) is 145 cm³/mol. The number of imide groups is 1. The van der Waals surface area contributed by atoms with Crippen molar-refractivity contribution in [1.29, 1.82) is 0 Å². The number of hydrogen-bond donors (Lipinski definition) is 1. The van der Waals surface area contributed by atoms with E-state index in [4.69, 9.17) is 9.47 Å². The number of benzene rings is 2. The van der Waals surface area contributed by atoms with Crippen LogP contribution < -0.4 is 5.32 Å². The third kappa shape index (κ3) is 8.92. The summed E-state index contributed by atoms with van der Waals surface area (Å²) in [5.74, 6) is 0.588. The molecule has 2 aromatic rings. The SMILES string of the molecule is C.C.O=C(CCC1CCCC1)N1C(=O)OC[C@H]1Cc1ccccc1.O=C1N[C@H](Cc2ccccc2)CO1. The van der Waals surface area contributed by atoms with Gasteiger partial charge in [-0.1, -0.05) is 101 Å². The van der Waals surface area contributed by atoms with Gasteiger partial charge in [0, 0.05) is 6.42 Å². The Hall–Kier alpha value is -3.35. The van der Waals surface area contributed by atoms with Gasteiger partial charge in [0.2, 0.25) is 5.91 Å². The summed E-state index contributed by atoms with van der Waals surface area (Å²) < 4.78 is 9.90. The number of rotatable bonds is 7. The van der Waals surface area contributed by atoms with Crippen molar-refractivity contribution in [3.05, 3.63) is 71.8 Å². The van der Waals surface area contributed by atoms with Crippen molar-refractivity contribution in [3.63, 3.8) is 0 Å². The van der Waals surface area contributed by atoms with Crippen molar-refractivity contribution < 1.29 is 23.9 Å². The molecule has 0 unspecified atom stereocenters. The molecular formula is C30H42N2O5. The topological polar surface area (TPSA) is 84.9 Å². The van der Waals surface area contributed by atoms with E-state index in [9.17, 15) is 14.4 Å². The van der Waals surface area contributed by atoms with Crippen LogP contribution in [0.25, 0.3) is 0 Å². The fourth-order valence-corrected chi connectivity index (χ4v) is 4.98. The molecule has 0 spiro atoms. The van der Waals surface area contributed by atoms with Crippen LogP contribution in [-0.2, 0) is 27.1 Å². The molecule has 5 rings (SSSR count). The summed E-state index contributed by atoms with van der Waals surface area (Å²) >= 11 is 0. The number of carbonyl (C=O) groups excluding carboxylic acids is 3. The van der Waals surface area contributed by atoms with Gasteiger partial charge in [-0.15, -0.1) is 0 Å². The van der Waals surface area contributed by atoms with E-state index in [-0.39, 0.29) is 38.9 Å². The maximum absolute atomic E-state index is 12.4. The normalized spacial score (nSPS) is 20.5. The first-order chi connectivity index (χ1) is 17.1. The van der Waals surface area contributed by atoms with Gasteiger partial charge < -0.3 is 14.8 Å². The number of amides is 3. The highest BCUT2D eigenvalue weighted by atomic mass is 16.6. The molecule has 2 aliphatic heterocycles. The Morgan fingerprint density at radius 3 is 2.00 bits per heavy atom. The van der Waals surface area contributed by atoms with Crippen LogP contribution in [-0.4, -0.2) is 48.3 Å². The summed E-state index contributed by atoms with van der Waals surface area (Å²) in [5, 5.41) is 2.74. The summed E-state index contributed by atoms with van der Waals surface area (Å²) in [5.41, 5.74) is 2.35. The zero-order chi connectivity index (χ0) is 24.5.